The Morgan fingerprint density at radius 3 is 2.46 bits per heavy atom. The number of carbonyl (C=O) groups excluding carboxylic acids is 2. The van der Waals surface area contributed by atoms with Crippen molar-refractivity contribution in [2.24, 2.45) is 0 Å². The molecule has 0 unspecified atom stereocenters. The molecule has 5 nitrogen and oxygen atoms in total. The van der Waals surface area contributed by atoms with E-state index in [9.17, 15) is 31.5 Å². The molecule has 0 saturated carbocycles. The number of ether oxygens (including phenoxy) is 1. The highest BCUT2D eigenvalue weighted by Crippen LogP contribution is 2.32. The largest absolute Gasteiger partial charge is 0.444 e. The summed E-state index contributed by atoms with van der Waals surface area (Å²) < 4.78 is 71.3. The summed E-state index contributed by atoms with van der Waals surface area (Å²) in [5.74, 6) is -4.23. The molecule has 0 bridgehead atoms. The number of nitrogens with zero attached hydrogens (tertiary/aromatic N) is 1. The van der Waals surface area contributed by atoms with Crippen molar-refractivity contribution in [2.75, 3.05) is 13.1 Å². The summed E-state index contributed by atoms with van der Waals surface area (Å²) in [5.41, 5.74) is -1.04. The second-order valence-corrected chi connectivity index (χ2v) is 7.61. The summed E-state index contributed by atoms with van der Waals surface area (Å²) >= 11 is 0. The molecule has 1 fully saturated rings. The van der Waals surface area contributed by atoms with Crippen LogP contribution in [0.3, 0.4) is 0 Å². The summed E-state index contributed by atoms with van der Waals surface area (Å²) in [7, 11) is 0. The maximum atomic E-state index is 14.1. The average molecular weight is 408 g/mol. The Morgan fingerprint density at radius 2 is 1.89 bits per heavy atom. The Kier molecular flexibility index (Phi) is 6.20. The van der Waals surface area contributed by atoms with Gasteiger partial charge in [-0.05, 0) is 38.8 Å². The van der Waals surface area contributed by atoms with Crippen LogP contribution in [0.15, 0.2) is 18.2 Å². The van der Waals surface area contributed by atoms with Crippen LogP contribution in [0.25, 0.3) is 0 Å². The van der Waals surface area contributed by atoms with Gasteiger partial charge in [-0.25, -0.2) is 13.6 Å². The molecule has 1 aliphatic heterocycles. The molecule has 0 aromatic heterocycles. The molecule has 10 heteroatoms. The van der Waals surface area contributed by atoms with E-state index in [2.05, 4.69) is 5.32 Å². The zero-order chi connectivity index (χ0) is 21.3. The fraction of sp³-hybridized carbons (Fsp3) is 0.556. The smallest absolute Gasteiger partial charge is 0.408 e. The standard InChI is InChI=1S/C18H21F5N2O3/c1-17(2,3)28-16(27)24-13-7-10(11-5-4-6-12(19)14(11)20)8-25(15(13)26)9-18(21,22)23/h4-6,10,13H,7-9H2,1-3H3,(H,24,27)/t10-,13+/m0/s1. The Bertz CT molecular complexity index is 746. The minimum atomic E-state index is -4.69. The molecule has 2 amide bonds. The second-order valence-electron chi connectivity index (χ2n) is 7.61. The molecular formula is C18H21F5N2O3. The molecule has 1 aromatic carbocycles. The van der Waals surface area contributed by atoms with Crippen LogP contribution in [0.5, 0.6) is 0 Å². The fourth-order valence-electron chi connectivity index (χ4n) is 3.03. The number of alkyl halides is 3. The first-order valence-corrected chi connectivity index (χ1v) is 8.56. The normalized spacial score (nSPS) is 20.9. The van der Waals surface area contributed by atoms with Crippen LogP contribution in [-0.2, 0) is 9.53 Å². The van der Waals surface area contributed by atoms with E-state index in [1.807, 2.05) is 0 Å². The molecule has 0 spiro atoms. The molecule has 1 saturated heterocycles. The van der Waals surface area contributed by atoms with Gasteiger partial charge in [0.2, 0.25) is 5.91 Å². The first kappa shape index (κ1) is 21.9. The van der Waals surface area contributed by atoms with Crippen molar-refractivity contribution in [1.29, 1.82) is 0 Å². The summed E-state index contributed by atoms with van der Waals surface area (Å²) in [6, 6.07) is 2.00. The van der Waals surface area contributed by atoms with Crippen LogP contribution in [0.2, 0.25) is 0 Å². The molecule has 2 atom stereocenters. The van der Waals surface area contributed by atoms with E-state index in [1.54, 1.807) is 20.8 Å². The van der Waals surface area contributed by atoms with Gasteiger partial charge in [-0.1, -0.05) is 12.1 Å². The van der Waals surface area contributed by atoms with Gasteiger partial charge in [0.1, 0.15) is 18.2 Å². The lowest BCUT2D eigenvalue weighted by atomic mass is 9.87. The Balaban J connectivity index is 2.29. The SMILES string of the molecule is CC(C)(C)OC(=O)N[C@@H]1C[C@H](c2cccc(F)c2F)CN(CC(F)(F)F)C1=O. The predicted octanol–water partition coefficient (Wildman–Crippen LogP) is 3.74. The van der Waals surface area contributed by atoms with Gasteiger partial charge in [-0.2, -0.15) is 13.2 Å². The summed E-state index contributed by atoms with van der Waals surface area (Å²) in [6.07, 6.45) is -5.86. The third kappa shape index (κ3) is 5.80. The fourth-order valence-corrected chi connectivity index (χ4v) is 3.03. The molecule has 1 aromatic rings. The van der Waals surface area contributed by atoms with E-state index in [0.29, 0.717) is 4.90 Å². The third-order valence-corrected chi connectivity index (χ3v) is 4.05. The molecule has 2 rings (SSSR count). The minimum Gasteiger partial charge on any atom is -0.444 e. The molecular weight excluding hydrogens is 387 g/mol. The quantitative estimate of drug-likeness (QED) is 0.776. The van der Waals surface area contributed by atoms with E-state index in [1.165, 1.54) is 12.1 Å². The lowest BCUT2D eigenvalue weighted by molar-refractivity contribution is -0.165. The van der Waals surface area contributed by atoms with Crippen molar-refractivity contribution in [3.8, 4) is 0 Å². The van der Waals surface area contributed by atoms with E-state index in [-0.39, 0.29) is 12.0 Å². The van der Waals surface area contributed by atoms with Crippen LogP contribution < -0.4 is 5.32 Å². The summed E-state index contributed by atoms with van der Waals surface area (Å²) in [6.45, 7) is 2.72. The maximum absolute atomic E-state index is 14.1. The number of alkyl carbamates (subject to hydrolysis) is 1. The number of rotatable bonds is 3. The van der Waals surface area contributed by atoms with E-state index in [0.717, 1.165) is 6.07 Å². The number of carbonyl (C=O) groups is 2. The highest BCUT2D eigenvalue weighted by molar-refractivity contribution is 5.86. The molecule has 1 heterocycles. The van der Waals surface area contributed by atoms with Crippen molar-refractivity contribution in [2.45, 2.75) is 50.9 Å². The molecule has 156 valence electrons. The number of halogens is 5. The van der Waals surface area contributed by atoms with Crippen LogP contribution in [0.1, 0.15) is 38.7 Å². The van der Waals surface area contributed by atoms with Crippen LogP contribution in [0, 0.1) is 11.6 Å². The van der Waals surface area contributed by atoms with Crippen molar-refractivity contribution < 1.29 is 36.3 Å². The first-order valence-electron chi connectivity index (χ1n) is 8.56. The Labute approximate surface area is 158 Å². The van der Waals surface area contributed by atoms with Gasteiger partial charge in [0.05, 0.1) is 0 Å². The lowest BCUT2D eigenvalue weighted by Crippen LogP contribution is -2.56. The monoisotopic (exact) mass is 408 g/mol. The minimum absolute atomic E-state index is 0.157. The van der Waals surface area contributed by atoms with Gasteiger partial charge in [0, 0.05) is 12.5 Å². The molecule has 1 N–H and O–H groups in total. The third-order valence-electron chi connectivity index (χ3n) is 4.05. The highest BCUT2D eigenvalue weighted by Gasteiger charge is 2.42. The van der Waals surface area contributed by atoms with E-state index < -0.39 is 60.5 Å². The number of hydrogen-bond acceptors (Lipinski definition) is 3. The van der Waals surface area contributed by atoms with Gasteiger partial charge in [0.25, 0.3) is 0 Å². The van der Waals surface area contributed by atoms with Gasteiger partial charge in [-0.3, -0.25) is 4.79 Å². The zero-order valence-corrected chi connectivity index (χ0v) is 15.6. The molecule has 1 aliphatic rings. The number of likely N-dealkylation sites (tertiary alicyclic amines) is 1. The number of benzene rings is 1. The number of hydrogen-bond donors (Lipinski definition) is 1. The van der Waals surface area contributed by atoms with Crippen LogP contribution >= 0.6 is 0 Å². The molecule has 0 radical (unpaired) electrons. The van der Waals surface area contributed by atoms with E-state index in [4.69, 9.17) is 4.74 Å². The van der Waals surface area contributed by atoms with Crippen molar-refractivity contribution >= 4 is 12.0 Å². The van der Waals surface area contributed by atoms with Gasteiger partial charge in [-0.15, -0.1) is 0 Å². The average Bonchev–Trinajstić information content (AvgIpc) is 2.50. The van der Waals surface area contributed by atoms with Crippen molar-refractivity contribution in [3.05, 3.63) is 35.4 Å². The van der Waals surface area contributed by atoms with E-state index >= 15 is 0 Å². The molecule has 0 aliphatic carbocycles. The van der Waals surface area contributed by atoms with Gasteiger partial charge >= 0.3 is 12.3 Å². The number of nitrogens with one attached hydrogen (secondary N) is 1. The summed E-state index contributed by atoms with van der Waals surface area (Å²) in [5, 5.41) is 2.24. The Morgan fingerprint density at radius 1 is 1.25 bits per heavy atom. The second kappa shape index (κ2) is 7.92. The highest BCUT2D eigenvalue weighted by atomic mass is 19.4. The van der Waals surface area contributed by atoms with Crippen molar-refractivity contribution in [3.63, 3.8) is 0 Å². The van der Waals surface area contributed by atoms with Crippen molar-refractivity contribution in [1.82, 2.24) is 10.2 Å². The first-order chi connectivity index (χ1) is 12.8. The summed E-state index contributed by atoms with van der Waals surface area (Å²) in [4.78, 5) is 24.9. The Hall–Kier alpha value is -2.39. The van der Waals surface area contributed by atoms with Crippen LogP contribution in [-0.4, -0.2) is 47.8 Å². The molecule has 28 heavy (non-hydrogen) atoms. The van der Waals surface area contributed by atoms with Crippen LogP contribution in [0.4, 0.5) is 26.7 Å². The number of amides is 2. The van der Waals surface area contributed by atoms with Gasteiger partial charge in [0.15, 0.2) is 11.6 Å². The predicted molar refractivity (Wildman–Crippen MR) is 89.5 cm³/mol. The van der Waals surface area contributed by atoms with Gasteiger partial charge < -0.3 is 15.0 Å². The topological polar surface area (TPSA) is 58.6 Å². The lowest BCUT2D eigenvalue weighted by Gasteiger charge is -2.38. The number of piperidine rings is 1. The zero-order valence-electron chi connectivity index (χ0n) is 15.6. The maximum Gasteiger partial charge on any atom is 0.408 e.